The van der Waals surface area contributed by atoms with Gasteiger partial charge < -0.3 is 9.47 Å². The standard InChI is InChI=1S/C21H13ClFNO3S/c1-26-17-8-6-12(20-24-16-11-13(23)7-9-19(16)28-20)10-18(17)27-21(25)14-4-2-3-5-15(14)22/h2-11H,1H3. The monoisotopic (exact) mass is 413 g/mol. The van der Waals surface area contributed by atoms with Gasteiger partial charge in [0.1, 0.15) is 10.8 Å². The molecule has 0 atom stereocenters. The number of aromatic nitrogens is 1. The Kier molecular flexibility index (Phi) is 4.98. The molecule has 0 amide bonds. The van der Waals surface area contributed by atoms with E-state index in [0.29, 0.717) is 21.3 Å². The molecule has 0 aliphatic carbocycles. The van der Waals surface area contributed by atoms with Crippen molar-refractivity contribution in [2.75, 3.05) is 7.11 Å². The molecule has 0 unspecified atom stereocenters. The van der Waals surface area contributed by atoms with Crippen LogP contribution < -0.4 is 9.47 Å². The average Bonchev–Trinajstić information content (AvgIpc) is 3.11. The summed E-state index contributed by atoms with van der Waals surface area (Å²) in [6.07, 6.45) is 0. The molecule has 4 rings (SSSR count). The van der Waals surface area contributed by atoms with E-state index < -0.39 is 5.97 Å². The zero-order valence-corrected chi connectivity index (χ0v) is 16.2. The minimum Gasteiger partial charge on any atom is -0.493 e. The fraction of sp³-hybridized carbons (Fsp3) is 0.0476. The third-order valence-electron chi connectivity index (χ3n) is 4.06. The third kappa shape index (κ3) is 3.56. The Hall–Kier alpha value is -2.96. The van der Waals surface area contributed by atoms with Crippen molar-refractivity contribution in [3.8, 4) is 22.1 Å². The molecular weight excluding hydrogens is 401 g/mol. The zero-order valence-electron chi connectivity index (χ0n) is 14.6. The number of fused-ring (bicyclic) bond motifs is 1. The molecule has 4 aromatic rings. The van der Waals surface area contributed by atoms with Gasteiger partial charge in [0.2, 0.25) is 0 Å². The molecule has 0 radical (unpaired) electrons. The Morgan fingerprint density at radius 1 is 1.07 bits per heavy atom. The molecule has 0 saturated heterocycles. The Bertz CT molecular complexity index is 1190. The molecule has 0 bridgehead atoms. The lowest BCUT2D eigenvalue weighted by atomic mass is 10.2. The van der Waals surface area contributed by atoms with Gasteiger partial charge in [-0.25, -0.2) is 14.2 Å². The molecule has 0 spiro atoms. The van der Waals surface area contributed by atoms with E-state index in [1.54, 1.807) is 48.5 Å². The molecular formula is C21H13ClFNO3S. The molecule has 1 aromatic heterocycles. The summed E-state index contributed by atoms with van der Waals surface area (Å²) in [5, 5.41) is 0.981. The van der Waals surface area contributed by atoms with Crippen molar-refractivity contribution in [2.45, 2.75) is 0 Å². The van der Waals surface area contributed by atoms with Gasteiger partial charge in [0.05, 0.1) is 27.9 Å². The highest BCUT2D eigenvalue weighted by molar-refractivity contribution is 7.21. The molecule has 0 aliphatic heterocycles. The highest BCUT2D eigenvalue weighted by atomic mass is 35.5. The summed E-state index contributed by atoms with van der Waals surface area (Å²) < 4.78 is 25.1. The zero-order chi connectivity index (χ0) is 19.7. The Balaban J connectivity index is 1.71. The van der Waals surface area contributed by atoms with E-state index in [4.69, 9.17) is 21.1 Å². The van der Waals surface area contributed by atoms with E-state index in [0.717, 1.165) is 10.3 Å². The Morgan fingerprint density at radius 3 is 2.68 bits per heavy atom. The third-order valence-corrected chi connectivity index (χ3v) is 5.47. The number of carbonyl (C=O) groups is 1. The number of methoxy groups -OCH3 is 1. The van der Waals surface area contributed by atoms with Crippen LogP contribution in [0.4, 0.5) is 4.39 Å². The molecule has 0 aliphatic rings. The summed E-state index contributed by atoms with van der Waals surface area (Å²) in [4.78, 5) is 17.0. The van der Waals surface area contributed by atoms with Crippen molar-refractivity contribution < 1.29 is 18.7 Å². The van der Waals surface area contributed by atoms with Crippen LogP contribution in [-0.2, 0) is 0 Å². The van der Waals surface area contributed by atoms with Gasteiger partial charge in [0.15, 0.2) is 11.5 Å². The van der Waals surface area contributed by atoms with Gasteiger partial charge in [-0.2, -0.15) is 0 Å². The highest BCUT2D eigenvalue weighted by Gasteiger charge is 2.17. The number of esters is 1. The molecule has 140 valence electrons. The molecule has 1 heterocycles. The lowest BCUT2D eigenvalue weighted by Gasteiger charge is -2.11. The maximum Gasteiger partial charge on any atom is 0.345 e. The largest absolute Gasteiger partial charge is 0.493 e. The minimum absolute atomic E-state index is 0.246. The first-order chi connectivity index (χ1) is 13.5. The van der Waals surface area contributed by atoms with Crippen molar-refractivity contribution in [3.05, 3.63) is 77.1 Å². The fourth-order valence-electron chi connectivity index (χ4n) is 2.70. The van der Waals surface area contributed by atoms with Gasteiger partial charge >= 0.3 is 5.97 Å². The predicted molar refractivity (Wildman–Crippen MR) is 108 cm³/mol. The normalized spacial score (nSPS) is 10.8. The molecule has 4 nitrogen and oxygen atoms in total. The van der Waals surface area contributed by atoms with Crippen LogP contribution in [0.3, 0.4) is 0 Å². The SMILES string of the molecule is COc1ccc(-c2nc3cc(F)ccc3s2)cc1OC(=O)c1ccccc1Cl. The van der Waals surface area contributed by atoms with E-state index in [1.807, 2.05) is 0 Å². The van der Waals surface area contributed by atoms with Crippen LogP contribution in [0.5, 0.6) is 11.5 Å². The summed E-state index contributed by atoms with van der Waals surface area (Å²) in [6.45, 7) is 0. The van der Waals surface area contributed by atoms with Gasteiger partial charge in [-0.1, -0.05) is 23.7 Å². The van der Waals surface area contributed by atoms with Crippen molar-refractivity contribution >= 4 is 39.1 Å². The maximum absolute atomic E-state index is 13.4. The number of nitrogens with zero attached hydrogens (tertiary/aromatic N) is 1. The number of benzene rings is 3. The van der Waals surface area contributed by atoms with E-state index in [1.165, 1.54) is 30.6 Å². The molecule has 3 aromatic carbocycles. The van der Waals surface area contributed by atoms with E-state index >= 15 is 0 Å². The van der Waals surface area contributed by atoms with Crippen LogP contribution in [0.25, 0.3) is 20.8 Å². The lowest BCUT2D eigenvalue weighted by Crippen LogP contribution is -2.10. The van der Waals surface area contributed by atoms with E-state index in [2.05, 4.69) is 4.98 Å². The second-order valence-corrected chi connectivity index (χ2v) is 7.30. The molecule has 0 fully saturated rings. The molecule has 28 heavy (non-hydrogen) atoms. The second kappa shape index (κ2) is 7.58. The van der Waals surface area contributed by atoms with Crippen LogP contribution in [0.2, 0.25) is 5.02 Å². The molecule has 0 N–H and O–H groups in total. The number of rotatable bonds is 4. The van der Waals surface area contributed by atoms with Gasteiger partial charge in [0.25, 0.3) is 0 Å². The van der Waals surface area contributed by atoms with Gasteiger partial charge in [0, 0.05) is 11.6 Å². The smallest absolute Gasteiger partial charge is 0.345 e. The Labute approximate surface area is 169 Å². The lowest BCUT2D eigenvalue weighted by molar-refractivity contribution is 0.0730. The quantitative estimate of drug-likeness (QED) is 0.305. The van der Waals surface area contributed by atoms with Crippen molar-refractivity contribution in [3.63, 3.8) is 0 Å². The Morgan fingerprint density at radius 2 is 1.89 bits per heavy atom. The number of hydrogen-bond donors (Lipinski definition) is 0. The number of hydrogen-bond acceptors (Lipinski definition) is 5. The number of thiazole rings is 1. The van der Waals surface area contributed by atoms with Crippen LogP contribution >= 0.6 is 22.9 Å². The topological polar surface area (TPSA) is 48.4 Å². The van der Waals surface area contributed by atoms with Crippen molar-refractivity contribution in [2.24, 2.45) is 0 Å². The summed E-state index contributed by atoms with van der Waals surface area (Å²) in [5.41, 5.74) is 1.56. The first kappa shape index (κ1) is 18.4. The first-order valence-electron chi connectivity index (χ1n) is 8.26. The van der Waals surface area contributed by atoms with Gasteiger partial charge in [-0.05, 0) is 42.5 Å². The van der Waals surface area contributed by atoms with Crippen LogP contribution in [0.1, 0.15) is 10.4 Å². The van der Waals surface area contributed by atoms with E-state index in [-0.39, 0.29) is 17.1 Å². The van der Waals surface area contributed by atoms with Crippen LogP contribution in [0.15, 0.2) is 60.7 Å². The number of halogens is 2. The van der Waals surface area contributed by atoms with Crippen molar-refractivity contribution in [1.82, 2.24) is 4.98 Å². The van der Waals surface area contributed by atoms with Gasteiger partial charge in [-0.15, -0.1) is 11.3 Å². The van der Waals surface area contributed by atoms with Crippen molar-refractivity contribution in [1.29, 1.82) is 0 Å². The fourth-order valence-corrected chi connectivity index (χ4v) is 3.85. The minimum atomic E-state index is -0.590. The molecule has 7 heteroatoms. The van der Waals surface area contributed by atoms with Crippen LogP contribution in [-0.4, -0.2) is 18.1 Å². The first-order valence-corrected chi connectivity index (χ1v) is 9.46. The maximum atomic E-state index is 13.4. The van der Waals surface area contributed by atoms with Crippen LogP contribution in [0, 0.1) is 5.82 Å². The highest BCUT2D eigenvalue weighted by Crippen LogP contribution is 2.36. The number of ether oxygens (including phenoxy) is 2. The number of carbonyl (C=O) groups excluding carboxylic acids is 1. The van der Waals surface area contributed by atoms with Gasteiger partial charge in [-0.3, -0.25) is 0 Å². The summed E-state index contributed by atoms with van der Waals surface area (Å²) in [5.74, 6) is -0.285. The predicted octanol–water partition coefficient (Wildman–Crippen LogP) is 5.98. The summed E-state index contributed by atoms with van der Waals surface area (Å²) in [6, 6.07) is 16.3. The second-order valence-electron chi connectivity index (χ2n) is 5.87. The van der Waals surface area contributed by atoms with E-state index in [9.17, 15) is 9.18 Å². The molecule has 0 saturated carbocycles. The average molecular weight is 414 g/mol. The summed E-state index contributed by atoms with van der Waals surface area (Å²) in [7, 11) is 1.49. The summed E-state index contributed by atoms with van der Waals surface area (Å²) >= 11 is 7.49.